The molecule has 0 spiro atoms. The molecule has 0 unspecified atom stereocenters. The van der Waals surface area contributed by atoms with Crippen LogP contribution in [0.5, 0.6) is 0 Å². The summed E-state index contributed by atoms with van der Waals surface area (Å²) in [6.45, 7) is 3.61. The van der Waals surface area contributed by atoms with Crippen molar-refractivity contribution in [2.75, 3.05) is 11.1 Å². The number of hydrogen-bond acceptors (Lipinski definition) is 5. The van der Waals surface area contributed by atoms with Gasteiger partial charge in [0, 0.05) is 23.3 Å². The quantitative estimate of drug-likeness (QED) is 0.417. The number of nitrogens with one attached hydrogen (secondary N) is 1. The molecule has 32 heavy (non-hydrogen) atoms. The van der Waals surface area contributed by atoms with Crippen LogP contribution in [-0.2, 0) is 0 Å². The maximum atomic E-state index is 12.7. The summed E-state index contributed by atoms with van der Waals surface area (Å²) in [5.74, 6) is 2.24. The molecular weight excluding hydrogens is 402 g/mol. The highest BCUT2D eigenvalue weighted by molar-refractivity contribution is 6.05. The number of furan rings is 1. The van der Waals surface area contributed by atoms with Gasteiger partial charge < -0.3 is 20.0 Å². The molecule has 7 nitrogen and oxygen atoms in total. The number of carbonyl (C=O) groups excluding carboxylic acids is 1. The minimum absolute atomic E-state index is 0.192. The van der Waals surface area contributed by atoms with Crippen LogP contribution in [0.1, 0.15) is 21.9 Å². The first kappa shape index (κ1) is 19.6. The second-order valence-electron chi connectivity index (χ2n) is 7.62. The monoisotopic (exact) mass is 423 g/mol. The van der Waals surface area contributed by atoms with E-state index < -0.39 is 0 Å². The van der Waals surface area contributed by atoms with E-state index in [0.717, 1.165) is 22.0 Å². The Balaban J connectivity index is 1.48. The Hall–Kier alpha value is -4.39. The van der Waals surface area contributed by atoms with Gasteiger partial charge >= 0.3 is 0 Å². The summed E-state index contributed by atoms with van der Waals surface area (Å²) in [5, 5.41) is 4.05. The third-order valence-electron chi connectivity index (χ3n) is 5.35. The Morgan fingerprint density at radius 1 is 1.00 bits per heavy atom. The van der Waals surface area contributed by atoms with Crippen LogP contribution >= 0.6 is 0 Å². The van der Waals surface area contributed by atoms with Crippen LogP contribution in [0.2, 0.25) is 0 Å². The minimum atomic E-state index is -0.192. The van der Waals surface area contributed by atoms with Crippen molar-refractivity contribution < 1.29 is 9.21 Å². The number of nitrogen functional groups attached to an aromatic ring is 1. The van der Waals surface area contributed by atoms with Gasteiger partial charge in [-0.3, -0.25) is 4.79 Å². The number of nitrogens with two attached hydrogens (primary N) is 1. The van der Waals surface area contributed by atoms with Crippen molar-refractivity contribution in [3.63, 3.8) is 0 Å². The van der Waals surface area contributed by atoms with Gasteiger partial charge in [-0.15, -0.1) is 0 Å². The van der Waals surface area contributed by atoms with Crippen LogP contribution in [0.3, 0.4) is 0 Å². The molecule has 0 fully saturated rings. The lowest BCUT2D eigenvalue weighted by molar-refractivity contribution is 0.102. The van der Waals surface area contributed by atoms with Crippen LogP contribution in [0, 0.1) is 13.8 Å². The predicted octanol–water partition coefficient (Wildman–Crippen LogP) is 5.13. The van der Waals surface area contributed by atoms with Gasteiger partial charge in [-0.25, -0.2) is 9.97 Å². The molecule has 0 saturated heterocycles. The molecule has 5 rings (SSSR count). The van der Waals surface area contributed by atoms with Gasteiger partial charge in [-0.05, 0) is 55.3 Å². The van der Waals surface area contributed by atoms with E-state index in [0.29, 0.717) is 34.4 Å². The number of aryl methyl sites for hydroxylation is 2. The fourth-order valence-electron chi connectivity index (χ4n) is 3.83. The van der Waals surface area contributed by atoms with Crippen molar-refractivity contribution in [3.05, 3.63) is 90.3 Å². The van der Waals surface area contributed by atoms with Crippen molar-refractivity contribution in [1.29, 1.82) is 0 Å². The number of rotatable bonds is 4. The number of amides is 1. The fraction of sp³-hybridized carbons (Fsp3) is 0.0800. The number of hydrogen-bond donors (Lipinski definition) is 2. The third-order valence-corrected chi connectivity index (χ3v) is 5.35. The summed E-state index contributed by atoms with van der Waals surface area (Å²) in [7, 11) is 0. The average Bonchev–Trinajstić information content (AvgIpc) is 3.36. The Labute approximate surface area is 184 Å². The van der Waals surface area contributed by atoms with Crippen molar-refractivity contribution in [2.45, 2.75) is 13.8 Å². The molecule has 2 aromatic carbocycles. The van der Waals surface area contributed by atoms with E-state index in [1.807, 2.05) is 48.0 Å². The molecule has 0 aliphatic carbocycles. The highest BCUT2D eigenvalue weighted by Crippen LogP contribution is 2.29. The van der Waals surface area contributed by atoms with Gasteiger partial charge in [-0.1, -0.05) is 24.3 Å². The number of anilines is 2. The second kappa shape index (κ2) is 7.70. The zero-order valence-corrected chi connectivity index (χ0v) is 17.7. The molecule has 0 radical (unpaired) electrons. The minimum Gasteiger partial charge on any atom is -0.466 e. The molecule has 0 aliphatic heterocycles. The summed E-state index contributed by atoms with van der Waals surface area (Å²) in [5.41, 5.74) is 10.1. The zero-order valence-electron chi connectivity index (χ0n) is 17.7. The van der Waals surface area contributed by atoms with Gasteiger partial charge in [0.25, 0.3) is 5.91 Å². The summed E-state index contributed by atoms with van der Waals surface area (Å²) in [6.07, 6.45) is 3.41. The van der Waals surface area contributed by atoms with E-state index in [2.05, 4.69) is 33.5 Å². The van der Waals surface area contributed by atoms with E-state index in [1.165, 1.54) is 6.33 Å². The van der Waals surface area contributed by atoms with Gasteiger partial charge in [0.2, 0.25) is 0 Å². The first-order valence-corrected chi connectivity index (χ1v) is 10.2. The first-order chi connectivity index (χ1) is 15.5. The van der Waals surface area contributed by atoms with E-state index in [4.69, 9.17) is 10.2 Å². The van der Waals surface area contributed by atoms with Crippen molar-refractivity contribution in [2.24, 2.45) is 0 Å². The lowest BCUT2D eigenvalue weighted by Crippen LogP contribution is -2.12. The Kier molecular flexibility index (Phi) is 4.71. The summed E-state index contributed by atoms with van der Waals surface area (Å²) < 4.78 is 7.45. The van der Waals surface area contributed by atoms with E-state index in [-0.39, 0.29) is 5.91 Å². The van der Waals surface area contributed by atoms with Gasteiger partial charge in [0.15, 0.2) is 0 Å². The number of fused-ring (bicyclic) bond motifs is 1. The highest BCUT2D eigenvalue weighted by atomic mass is 16.3. The molecule has 158 valence electrons. The average molecular weight is 423 g/mol. The molecule has 3 aromatic heterocycles. The van der Waals surface area contributed by atoms with Crippen molar-refractivity contribution in [3.8, 4) is 16.9 Å². The van der Waals surface area contributed by atoms with Crippen LogP contribution < -0.4 is 11.1 Å². The first-order valence-electron chi connectivity index (χ1n) is 10.2. The van der Waals surface area contributed by atoms with Gasteiger partial charge in [0.05, 0.1) is 11.1 Å². The molecule has 3 heterocycles. The maximum Gasteiger partial charge on any atom is 0.259 e. The Morgan fingerprint density at radius 2 is 1.84 bits per heavy atom. The van der Waals surface area contributed by atoms with Crippen LogP contribution in [-0.4, -0.2) is 20.4 Å². The standard InChI is InChI=1S/C25H21N5O2/c1-15-10-21(16(2)32-15)25(31)29-20-5-3-4-18(11-20)19-7-6-17-8-9-30(22(17)12-19)24-13-23(26)27-14-28-24/h3-14H,1-2H3,(H,29,31)(H2,26,27,28). The molecule has 0 bridgehead atoms. The van der Waals surface area contributed by atoms with Gasteiger partial charge in [-0.2, -0.15) is 0 Å². The smallest absolute Gasteiger partial charge is 0.259 e. The highest BCUT2D eigenvalue weighted by Gasteiger charge is 2.14. The van der Waals surface area contributed by atoms with E-state index in [9.17, 15) is 4.79 Å². The summed E-state index contributed by atoms with van der Waals surface area (Å²) >= 11 is 0. The topological polar surface area (TPSA) is 99.0 Å². The largest absolute Gasteiger partial charge is 0.466 e. The van der Waals surface area contributed by atoms with Crippen LogP contribution in [0.25, 0.3) is 27.8 Å². The SMILES string of the molecule is Cc1cc(C(=O)Nc2cccc(-c3ccc4ccn(-c5cc(N)ncn5)c4c3)c2)c(C)o1. The number of benzene rings is 2. The Morgan fingerprint density at radius 3 is 2.62 bits per heavy atom. The maximum absolute atomic E-state index is 12.7. The number of aromatic nitrogens is 3. The molecule has 3 N–H and O–H groups in total. The molecule has 0 atom stereocenters. The molecule has 1 amide bonds. The lowest BCUT2D eigenvalue weighted by Gasteiger charge is -2.09. The zero-order chi connectivity index (χ0) is 22.2. The lowest BCUT2D eigenvalue weighted by atomic mass is 10.0. The Bertz CT molecular complexity index is 1460. The molecule has 7 heteroatoms. The van der Waals surface area contributed by atoms with Crippen molar-refractivity contribution >= 4 is 28.3 Å². The third kappa shape index (κ3) is 3.60. The number of carbonyl (C=O) groups is 1. The summed E-state index contributed by atoms with van der Waals surface area (Å²) in [4.78, 5) is 21.0. The molecular formula is C25H21N5O2. The van der Waals surface area contributed by atoms with Crippen molar-refractivity contribution in [1.82, 2.24) is 14.5 Å². The van der Waals surface area contributed by atoms with E-state index >= 15 is 0 Å². The summed E-state index contributed by atoms with van der Waals surface area (Å²) in [6, 6.07) is 19.5. The molecule has 0 aliphatic rings. The molecule has 5 aromatic rings. The number of nitrogens with zero attached hydrogens (tertiary/aromatic N) is 3. The van der Waals surface area contributed by atoms with Crippen LogP contribution in [0.4, 0.5) is 11.5 Å². The normalized spacial score (nSPS) is 11.1. The van der Waals surface area contributed by atoms with E-state index in [1.54, 1.807) is 19.1 Å². The van der Waals surface area contributed by atoms with Crippen LogP contribution in [0.15, 0.2) is 77.6 Å². The fourth-order valence-corrected chi connectivity index (χ4v) is 3.83. The predicted molar refractivity (Wildman–Crippen MR) is 125 cm³/mol. The molecule has 0 saturated carbocycles. The second-order valence-corrected chi connectivity index (χ2v) is 7.62. The van der Waals surface area contributed by atoms with Gasteiger partial charge in [0.1, 0.15) is 29.5 Å².